The second-order valence-corrected chi connectivity index (χ2v) is 12.8. The number of hydrogen-bond donors (Lipinski definition) is 1. The van der Waals surface area contributed by atoms with Crippen molar-refractivity contribution in [2.75, 3.05) is 32.3 Å². The van der Waals surface area contributed by atoms with Crippen LogP contribution in [0.5, 0.6) is 5.75 Å². The monoisotopic (exact) mass is 599 g/mol. The smallest absolute Gasteiger partial charge is 0.404 e. The number of nitrogens with zero attached hydrogens (tertiary/aromatic N) is 1. The van der Waals surface area contributed by atoms with E-state index >= 15 is 0 Å². The first-order valence-electron chi connectivity index (χ1n) is 15.5. The molecule has 0 saturated heterocycles. The number of benzene rings is 1. The molecule has 0 spiro atoms. The van der Waals surface area contributed by atoms with Gasteiger partial charge in [0, 0.05) is 31.5 Å². The fourth-order valence-electron chi connectivity index (χ4n) is 4.67. The summed E-state index contributed by atoms with van der Waals surface area (Å²) in [6, 6.07) is 7.24. The van der Waals surface area contributed by atoms with Crippen LogP contribution >= 0.6 is 19.6 Å². The van der Waals surface area contributed by atoms with Crippen molar-refractivity contribution in [2.24, 2.45) is 0 Å². The number of rotatable bonds is 26. The summed E-state index contributed by atoms with van der Waals surface area (Å²) in [6.07, 6.45) is 20.1. The number of unbranched alkanes of at least 4 members (excludes halogenated alkanes) is 13. The van der Waals surface area contributed by atoms with Gasteiger partial charge >= 0.3 is 7.82 Å². The molecule has 0 radical (unpaired) electrons. The van der Waals surface area contributed by atoms with E-state index in [0.717, 1.165) is 24.3 Å². The van der Waals surface area contributed by atoms with Crippen molar-refractivity contribution >= 4 is 19.6 Å². The summed E-state index contributed by atoms with van der Waals surface area (Å²) in [4.78, 5) is 12.5. The first-order chi connectivity index (χ1) is 19.5. The predicted molar refractivity (Wildman–Crippen MR) is 167 cm³/mol. The van der Waals surface area contributed by atoms with Crippen LogP contribution in [-0.2, 0) is 25.1 Å². The molecule has 0 bridgehead atoms. The normalized spacial score (nSPS) is 15.4. The van der Waals surface area contributed by atoms with E-state index in [-0.39, 0.29) is 6.61 Å². The maximum absolute atomic E-state index is 12.7. The van der Waals surface area contributed by atoms with E-state index in [0.29, 0.717) is 32.1 Å². The van der Waals surface area contributed by atoms with Gasteiger partial charge in [-0.05, 0) is 24.8 Å². The molecule has 2 atom stereocenters. The van der Waals surface area contributed by atoms with Crippen molar-refractivity contribution < 1.29 is 28.0 Å². The van der Waals surface area contributed by atoms with Crippen LogP contribution in [0, 0.1) is 0 Å². The number of para-hydroxylation sites is 1. The van der Waals surface area contributed by atoms with Gasteiger partial charge in [0.25, 0.3) is 0 Å². The standard InChI is InChI=1S/C31H54NO6PS/c1-3-5-6-7-8-9-10-11-12-13-14-15-16-19-23-35-26-30(36-4-2)27-37-39(33,34)38-31-21-18-17-20-29(31)25-32-22-24-40-28-32/h17-18,20-22,24,30H,3-16,19,23,25-28H2,1-2H3,(H,33,34). The summed E-state index contributed by atoms with van der Waals surface area (Å²) in [5.74, 6) is 1.19. The Kier molecular flexibility index (Phi) is 19.8. The molecule has 0 fully saturated rings. The van der Waals surface area contributed by atoms with Gasteiger partial charge in [-0.3, -0.25) is 9.42 Å². The molecular weight excluding hydrogens is 545 g/mol. The molecule has 1 heterocycles. The first-order valence-corrected chi connectivity index (χ1v) is 18.0. The Morgan fingerprint density at radius 3 is 2.12 bits per heavy atom. The zero-order valence-electron chi connectivity index (χ0n) is 25.0. The summed E-state index contributed by atoms with van der Waals surface area (Å²) >= 11 is 1.70. The van der Waals surface area contributed by atoms with Crippen molar-refractivity contribution in [3.8, 4) is 5.75 Å². The van der Waals surface area contributed by atoms with Gasteiger partial charge in [-0.1, -0.05) is 109 Å². The highest BCUT2D eigenvalue weighted by Crippen LogP contribution is 2.45. The van der Waals surface area contributed by atoms with E-state index in [1.54, 1.807) is 23.9 Å². The minimum absolute atomic E-state index is 0.0754. The molecule has 1 N–H and O–H groups in total. The molecule has 0 saturated carbocycles. The number of ether oxygens (including phenoxy) is 2. The SMILES string of the molecule is CCCCCCCCCCCCCCCCOCC(COP(=O)(O)Oc1ccccc1CN1C=CSC1)OCC. The second-order valence-electron chi connectivity index (χ2n) is 10.5. The van der Waals surface area contributed by atoms with Crippen LogP contribution in [-0.4, -0.2) is 48.2 Å². The quantitative estimate of drug-likeness (QED) is 0.0835. The molecule has 1 aliphatic rings. The molecule has 0 aliphatic carbocycles. The number of phosphoric ester groups is 1. The van der Waals surface area contributed by atoms with Gasteiger partial charge in [0.05, 0.1) is 19.1 Å². The van der Waals surface area contributed by atoms with Crippen molar-refractivity contribution in [3.63, 3.8) is 0 Å². The Hall–Kier alpha value is -1.02. The van der Waals surface area contributed by atoms with Crippen molar-refractivity contribution in [3.05, 3.63) is 41.4 Å². The Bertz CT molecular complexity index is 842. The molecule has 2 unspecified atom stereocenters. The summed E-state index contributed by atoms with van der Waals surface area (Å²) in [5.41, 5.74) is 0.824. The lowest BCUT2D eigenvalue weighted by Crippen LogP contribution is -2.26. The molecule has 40 heavy (non-hydrogen) atoms. The predicted octanol–water partition coefficient (Wildman–Crippen LogP) is 9.06. The van der Waals surface area contributed by atoms with Gasteiger partial charge in [-0.2, -0.15) is 0 Å². The average Bonchev–Trinajstić information content (AvgIpc) is 3.45. The first kappa shape index (κ1) is 35.2. The molecule has 1 aromatic carbocycles. The highest BCUT2D eigenvalue weighted by molar-refractivity contribution is 8.02. The van der Waals surface area contributed by atoms with Crippen LogP contribution in [0.2, 0.25) is 0 Å². The maximum Gasteiger partial charge on any atom is 0.527 e. The fraction of sp³-hybridized carbons (Fsp3) is 0.742. The van der Waals surface area contributed by atoms with E-state index < -0.39 is 13.9 Å². The Morgan fingerprint density at radius 1 is 0.900 bits per heavy atom. The highest BCUT2D eigenvalue weighted by Gasteiger charge is 2.27. The average molecular weight is 600 g/mol. The van der Waals surface area contributed by atoms with Gasteiger partial charge < -0.3 is 18.9 Å². The molecule has 7 nitrogen and oxygen atoms in total. The summed E-state index contributed by atoms with van der Waals surface area (Å²) in [6.45, 7) is 6.12. The Morgan fingerprint density at radius 2 is 1.52 bits per heavy atom. The largest absolute Gasteiger partial charge is 0.527 e. The molecule has 1 aromatic rings. The third kappa shape index (κ3) is 17.1. The Balaban J connectivity index is 1.53. The minimum atomic E-state index is -4.32. The summed E-state index contributed by atoms with van der Waals surface area (Å²) in [7, 11) is -4.32. The number of phosphoric acid groups is 1. The van der Waals surface area contributed by atoms with Crippen molar-refractivity contribution in [1.82, 2.24) is 4.90 Å². The number of hydrogen-bond acceptors (Lipinski definition) is 7. The fourth-order valence-corrected chi connectivity index (χ4v) is 6.22. The zero-order chi connectivity index (χ0) is 28.7. The van der Waals surface area contributed by atoms with Crippen LogP contribution in [0.25, 0.3) is 0 Å². The highest BCUT2D eigenvalue weighted by atomic mass is 32.2. The van der Waals surface area contributed by atoms with Crippen molar-refractivity contribution in [1.29, 1.82) is 0 Å². The van der Waals surface area contributed by atoms with Gasteiger partial charge in [0.1, 0.15) is 11.9 Å². The van der Waals surface area contributed by atoms with Gasteiger partial charge in [-0.25, -0.2) is 4.57 Å². The van der Waals surface area contributed by atoms with Crippen LogP contribution < -0.4 is 4.52 Å². The second kappa shape index (κ2) is 22.6. The third-order valence-corrected chi connectivity index (χ3v) is 8.64. The van der Waals surface area contributed by atoms with Gasteiger partial charge in [0.15, 0.2) is 0 Å². The molecule has 2 rings (SSSR count). The Labute approximate surface area is 248 Å². The van der Waals surface area contributed by atoms with Gasteiger partial charge in [0.2, 0.25) is 0 Å². The molecule has 1 aliphatic heterocycles. The molecule has 0 aromatic heterocycles. The van der Waals surface area contributed by atoms with E-state index in [1.807, 2.05) is 30.7 Å². The van der Waals surface area contributed by atoms with Crippen LogP contribution in [0.15, 0.2) is 35.9 Å². The van der Waals surface area contributed by atoms with Crippen LogP contribution in [0.3, 0.4) is 0 Å². The van der Waals surface area contributed by atoms with E-state index in [4.69, 9.17) is 18.5 Å². The zero-order valence-corrected chi connectivity index (χ0v) is 26.7. The summed E-state index contributed by atoms with van der Waals surface area (Å²) < 4.78 is 34.9. The van der Waals surface area contributed by atoms with E-state index in [1.165, 1.54) is 77.0 Å². The molecule has 9 heteroatoms. The molecule has 0 amide bonds. The third-order valence-electron chi connectivity index (χ3n) is 6.94. The minimum Gasteiger partial charge on any atom is -0.404 e. The van der Waals surface area contributed by atoms with E-state index in [2.05, 4.69) is 11.8 Å². The van der Waals surface area contributed by atoms with Crippen molar-refractivity contribution in [2.45, 2.75) is 116 Å². The van der Waals surface area contributed by atoms with Crippen LogP contribution in [0.1, 0.15) is 109 Å². The lowest BCUT2D eigenvalue weighted by Gasteiger charge is -2.21. The topological polar surface area (TPSA) is 77.5 Å². The van der Waals surface area contributed by atoms with E-state index in [9.17, 15) is 9.46 Å². The van der Waals surface area contributed by atoms with Crippen LogP contribution in [0.4, 0.5) is 0 Å². The maximum atomic E-state index is 12.7. The molecule has 230 valence electrons. The summed E-state index contributed by atoms with van der Waals surface area (Å²) in [5, 5.41) is 2.03. The lowest BCUT2D eigenvalue weighted by atomic mass is 10.0. The molecular formula is C31H54NO6PS. The number of thioether (sulfide) groups is 1. The van der Waals surface area contributed by atoms with Gasteiger partial charge in [-0.15, -0.1) is 11.8 Å². The lowest BCUT2D eigenvalue weighted by molar-refractivity contribution is -0.0373.